The van der Waals surface area contributed by atoms with Crippen molar-refractivity contribution in [1.29, 1.82) is 0 Å². The summed E-state index contributed by atoms with van der Waals surface area (Å²) in [6, 6.07) is 0. The maximum Gasteiger partial charge on any atom is 0.339 e. The molecule has 0 aliphatic rings. The van der Waals surface area contributed by atoms with E-state index < -0.39 is 35.9 Å². The molecule has 8 heteroatoms. The molecule has 0 aromatic carbocycles. The first-order valence-electron chi connectivity index (χ1n) is 15.2. The second-order valence-corrected chi connectivity index (χ2v) is 10.5. The molecule has 0 heterocycles. The van der Waals surface area contributed by atoms with E-state index in [0.717, 1.165) is 51.4 Å². The van der Waals surface area contributed by atoms with Crippen LogP contribution in [0.15, 0.2) is 0 Å². The standard InChI is InChI=1S/C30H56O8/c1-4-7-9-11-13-15-17-19-21-23-27(33)37-29(35,25-31)30(36,26(32)6-3)38-28(34)24-22-20-18-16-14-12-10-8-5-2/h31,35-36H,4-25H2,1-3H3. The summed E-state index contributed by atoms with van der Waals surface area (Å²) in [5.41, 5.74) is 0. The van der Waals surface area contributed by atoms with Gasteiger partial charge >= 0.3 is 23.5 Å². The highest BCUT2D eigenvalue weighted by Gasteiger charge is 2.61. The number of esters is 2. The van der Waals surface area contributed by atoms with Gasteiger partial charge in [0, 0.05) is 19.3 Å². The van der Waals surface area contributed by atoms with Crippen LogP contribution in [0.2, 0.25) is 0 Å². The average Bonchev–Trinajstić information content (AvgIpc) is 2.90. The first-order chi connectivity index (χ1) is 18.2. The SMILES string of the molecule is CCCCCCCCCCCC(=O)OC(O)(CO)C(O)(OC(=O)CCCCCCCCCCC)C(=O)CC. The van der Waals surface area contributed by atoms with Gasteiger partial charge < -0.3 is 24.8 Å². The topological polar surface area (TPSA) is 130 Å². The summed E-state index contributed by atoms with van der Waals surface area (Å²) in [6.07, 6.45) is 18.4. The highest BCUT2D eigenvalue weighted by molar-refractivity contribution is 5.89. The molecule has 2 unspecified atom stereocenters. The second kappa shape index (κ2) is 22.3. The maximum absolute atomic E-state index is 12.5. The second-order valence-electron chi connectivity index (χ2n) is 10.5. The Balaban J connectivity index is 4.65. The predicted molar refractivity (Wildman–Crippen MR) is 148 cm³/mol. The largest absolute Gasteiger partial charge is 0.423 e. The summed E-state index contributed by atoms with van der Waals surface area (Å²) in [6.45, 7) is 4.46. The Bertz CT molecular complexity index is 638. The number of Topliss-reactive ketones (excluding diaryl/α,β-unsaturated/α-hetero) is 1. The minimum absolute atomic E-state index is 0.0546. The number of carbonyl (C=O) groups is 3. The van der Waals surface area contributed by atoms with Crippen molar-refractivity contribution in [3.05, 3.63) is 0 Å². The third-order valence-electron chi connectivity index (χ3n) is 6.96. The normalized spacial score (nSPS) is 14.5. The van der Waals surface area contributed by atoms with Crippen LogP contribution < -0.4 is 0 Å². The summed E-state index contributed by atoms with van der Waals surface area (Å²) < 4.78 is 9.96. The zero-order chi connectivity index (χ0) is 28.7. The molecule has 0 amide bonds. The molecule has 3 N–H and O–H groups in total. The van der Waals surface area contributed by atoms with Gasteiger partial charge in [0.2, 0.25) is 5.78 Å². The molecule has 0 bridgehead atoms. The summed E-state index contributed by atoms with van der Waals surface area (Å²) >= 11 is 0. The van der Waals surface area contributed by atoms with Crippen molar-refractivity contribution < 1.29 is 39.2 Å². The van der Waals surface area contributed by atoms with E-state index in [4.69, 9.17) is 9.47 Å². The van der Waals surface area contributed by atoms with Gasteiger partial charge in [-0.3, -0.25) is 14.4 Å². The van der Waals surface area contributed by atoms with Crippen LogP contribution in [-0.2, 0) is 23.9 Å². The van der Waals surface area contributed by atoms with E-state index in [2.05, 4.69) is 13.8 Å². The molecule has 0 aliphatic carbocycles. The monoisotopic (exact) mass is 544 g/mol. The number of unbranched alkanes of at least 4 members (excludes halogenated alkanes) is 16. The van der Waals surface area contributed by atoms with Crippen molar-refractivity contribution in [2.75, 3.05) is 6.61 Å². The van der Waals surface area contributed by atoms with Crippen LogP contribution in [0.5, 0.6) is 0 Å². The number of hydrogen-bond donors (Lipinski definition) is 3. The van der Waals surface area contributed by atoms with Gasteiger partial charge in [0.05, 0.1) is 0 Å². The van der Waals surface area contributed by atoms with Crippen molar-refractivity contribution in [3.8, 4) is 0 Å². The number of ketones is 1. The van der Waals surface area contributed by atoms with Gasteiger partial charge in [-0.2, -0.15) is 0 Å². The molecule has 0 fully saturated rings. The number of hydrogen-bond acceptors (Lipinski definition) is 8. The zero-order valence-electron chi connectivity index (χ0n) is 24.4. The lowest BCUT2D eigenvalue weighted by Gasteiger charge is -2.38. The predicted octanol–water partition coefficient (Wildman–Crippen LogP) is 6.26. The first kappa shape index (κ1) is 36.5. The molecule has 38 heavy (non-hydrogen) atoms. The summed E-state index contributed by atoms with van der Waals surface area (Å²) in [7, 11) is 0. The Kier molecular flexibility index (Phi) is 21.4. The molecule has 0 spiro atoms. The molecule has 0 aromatic rings. The Morgan fingerprint density at radius 2 is 0.895 bits per heavy atom. The molecule has 0 rings (SSSR count). The number of ether oxygens (including phenoxy) is 2. The highest BCUT2D eigenvalue weighted by Crippen LogP contribution is 2.29. The average molecular weight is 545 g/mol. The van der Waals surface area contributed by atoms with Crippen LogP contribution in [0, 0.1) is 0 Å². The molecular formula is C30H56O8. The highest BCUT2D eigenvalue weighted by atomic mass is 16.7. The van der Waals surface area contributed by atoms with Gasteiger partial charge in [-0.05, 0) is 12.8 Å². The van der Waals surface area contributed by atoms with Crippen LogP contribution in [0.4, 0.5) is 0 Å². The van der Waals surface area contributed by atoms with Crippen molar-refractivity contribution in [2.24, 2.45) is 0 Å². The number of aliphatic hydroxyl groups is 3. The lowest BCUT2D eigenvalue weighted by atomic mass is 9.99. The quantitative estimate of drug-likeness (QED) is 0.0660. The van der Waals surface area contributed by atoms with Crippen LogP contribution in [0.25, 0.3) is 0 Å². The smallest absolute Gasteiger partial charge is 0.339 e. The minimum Gasteiger partial charge on any atom is -0.423 e. The molecule has 224 valence electrons. The number of aliphatic hydroxyl groups excluding tert-OH is 1. The fourth-order valence-corrected chi connectivity index (χ4v) is 4.42. The van der Waals surface area contributed by atoms with Crippen LogP contribution in [0.3, 0.4) is 0 Å². The lowest BCUT2D eigenvalue weighted by Crippen LogP contribution is -2.65. The van der Waals surface area contributed by atoms with Gasteiger partial charge in [-0.25, -0.2) is 0 Å². The van der Waals surface area contributed by atoms with E-state index in [0.29, 0.717) is 12.8 Å². The van der Waals surface area contributed by atoms with E-state index in [1.165, 1.54) is 58.3 Å². The lowest BCUT2D eigenvalue weighted by molar-refractivity contribution is -0.351. The molecule has 0 saturated heterocycles. The Morgan fingerprint density at radius 1 is 0.553 bits per heavy atom. The Labute approximate surface area is 230 Å². The summed E-state index contributed by atoms with van der Waals surface area (Å²) in [5, 5.41) is 31.5. The number of carbonyl (C=O) groups excluding carboxylic acids is 3. The van der Waals surface area contributed by atoms with Crippen molar-refractivity contribution >= 4 is 17.7 Å². The molecular weight excluding hydrogens is 488 g/mol. The minimum atomic E-state index is -3.18. The molecule has 0 aliphatic heterocycles. The maximum atomic E-state index is 12.5. The fraction of sp³-hybridized carbons (Fsp3) is 0.900. The van der Waals surface area contributed by atoms with Crippen LogP contribution in [0.1, 0.15) is 156 Å². The van der Waals surface area contributed by atoms with E-state index in [-0.39, 0.29) is 19.3 Å². The molecule has 0 saturated carbocycles. The van der Waals surface area contributed by atoms with Gasteiger partial charge in [0.25, 0.3) is 0 Å². The molecule has 0 radical (unpaired) electrons. The van der Waals surface area contributed by atoms with Gasteiger partial charge in [0.15, 0.2) is 0 Å². The van der Waals surface area contributed by atoms with Gasteiger partial charge in [-0.1, -0.05) is 124 Å². The van der Waals surface area contributed by atoms with Crippen LogP contribution in [-0.4, -0.2) is 51.2 Å². The Morgan fingerprint density at radius 3 is 1.24 bits per heavy atom. The van der Waals surface area contributed by atoms with Crippen molar-refractivity contribution in [1.82, 2.24) is 0 Å². The third kappa shape index (κ3) is 15.2. The summed E-state index contributed by atoms with van der Waals surface area (Å²) in [4.78, 5) is 37.3. The number of rotatable bonds is 26. The van der Waals surface area contributed by atoms with Crippen LogP contribution >= 0.6 is 0 Å². The molecule has 0 aromatic heterocycles. The van der Waals surface area contributed by atoms with Crippen molar-refractivity contribution in [3.63, 3.8) is 0 Å². The van der Waals surface area contributed by atoms with Gasteiger partial charge in [0.1, 0.15) is 6.61 Å². The first-order valence-corrected chi connectivity index (χ1v) is 15.2. The summed E-state index contributed by atoms with van der Waals surface area (Å²) in [5.74, 6) is -9.11. The van der Waals surface area contributed by atoms with Gasteiger partial charge in [-0.15, -0.1) is 0 Å². The van der Waals surface area contributed by atoms with E-state index >= 15 is 0 Å². The fourth-order valence-electron chi connectivity index (χ4n) is 4.42. The Hall–Kier alpha value is -1.51. The third-order valence-corrected chi connectivity index (χ3v) is 6.96. The zero-order valence-corrected chi connectivity index (χ0v) is 24.4. The van der Waals surface area contributed by atoms with E-state index in [1.54, 1.807) is 0 Å². The molecule has 8 nitrogen and oxygen atoms in total. The van der Waals surface area contributed by atoms with E-state index in [1.807, 2.05) is 0 Å². The van der Waals surface area contributed by atoms with Crippen molar-refractivity contribution in [2.45, 2.75) is 167 Å². The molecule has 2 atom stereocenters. The van der Waals surface area contributed by atoms with E-state index in [9.17, 15) is 29.7 Å².